The lowest BCUT2D eigenvalue weighted by atomic mass is 10.2. The van der Waals surface area contributed by atoms with Crippen LogP contribution in [0.1, 0.15) is 18.1 Å². The van der Waals surface area contributed by atoms with Gasteiger partial charge in [0.05, 0.1) is 0 Å². The Morgan fingerprint density at radius 3 is 2.05 bits per heavy atom. The van der Waals surface area contributed by atoms with Gasteiger partial charge in [-0.1, -0.05) is 48.5 Å². The van der Waals surface area contributed by atoms with Crippen LogP contribution in [0.15, 0.2) is 66.7 Å². The summed E-state index contributed by atoms with van der Waals surface area (Å²) in [6.07, 6.45) is 6.29. The van der Waals surface area contributed by atoms with Crippen LogP contribution in [0.5, 0.6) is 5.75 Å². The minimum Gasteiger partial charge on any atom is -0.423 e. The van der Waals surface area contributed by atoms with Crippen LogP contribution in [-0.4, -0.2) is 11.8 Å². The molecule has 0 atom stereocenters. The highest BCUT2D eigenvalue weighted by Crippen LogP contribution is 2.14. The van der Waals surface area contributed by atoms with Gasteiger partial charge in [0.1, 0.15) is 5.75 Å². The van der Waals surface area contributed by atoms with Gasteiger partial charge in [-0.05, 0) is 42.3 Å². The largest absolute Gasteiger partial charge is 0.423 e. The zero-order valence-electron chi connectivity index (χ0n) is 12.2. The number of ether oxygens (including phenoxy) is 1. The Hall–Kier alpha value is -2.94. The number of rotatable bonds is 5. The van der Waals surface area contributed by atoms with Crippen molar-refractivity contribution in [3.63, 3.8) is 0 Å². The van der Waals surface area contributed by atoms with E-state index in [4.69, 9.17) is 4.74 Å². The third kappa shape index (κ3) is 5.21. The molecule has 0 bridgehead atoms. The van der Waals surface area contributed by atoms with E-state index in [1.54, 1.807) is 36.4 Å². The Bertz CT molecular complexity index is 695. The summed E-state index contributed by atoms with van der Waals surface area (Å²) in [6, 6.07) is 16.5. The maximum Gasteiger partial charge on any atom is 0.336 e. The molecule has 3 heteroatoms. The third-order valence-electron chi connectivity index (χ3n) is 2.82. The van der Waals surface area contributed by atoms with Crippen LogP contribution in [-0.2, 0) is 9.59 Å². The highest BCUT2D eigenvalue weighted by molar-refractivity contribution is 5.91. The molecule has 2 aromatic carbocycles. The fourth-order valence-corrected chi connectivity index (χ4v) is 1.74. The maximum atomic E-state index is 11.7. The molecular formula is C19H16O3. The summed E-state index contributed by atoms with van der Waals surface area (Å²) < 4.78 is 5.20. The van der Waals surface area contributed by atoms with E-state index in [2.05, 4.69) is 0 Å². The molecule has 0 aliphatic rings. The minimum atomic E-state index is -0.434. The summed E-state index contributed by atoms with van der Waals surface area (Å²) in [5, 5.41) is 0. The third-order valence-corrected chi connectivity index (χ3v) is 2.82. The van der Waals surface area contributed by atoms with Gasteiger partial charge in [-0.15, -0.1) is 0 Å². The Balaban J connectivity index is 1.94. The van der Waals surface area contributed by atoms with Gasteiger partial charge < -0.3 is 4.74 Å². The minimum absolute atomic E-state index is 0.0125. The lowest BCUT2D eigenvalue weighted by Crippen LogP contribution is -2.03. The number of ketones is 1. The van der Waals surface area contributed by atoms with Crippen molar-refractivity contribution in [2.24, 2.45) is 0 Å². The van der Waals surface area contributed by atoms with Crippen molar-refractivity contribution in [3.05, 3.63) is 77.9 Å². The fourth-order valence-electron chi connectivity index (χ4n) is 1.74. The first-order valence-corrected chi connectivity index (χ1v) is 6.87. The molecule has 0 radical (unpaired) electrons. The van der Waals surface area contributed by atoms with Crippen molar-refractivity contribution in [1.29, 1.82) is 0 Å². The van der Waals surface area contributed by atoms with Gasteiger partial charge in [0, 0.05) is 6.08 Å². The van der Waals surface area contributed by atoms with Crippen LogP contribution in [0.3, 0.4) is 0 Å². The predicted octanol–water partition coefficient (Wildman–Crippen LogP) is 3.91. The first-order chi connectivity index (χ1) is 10.6. The quantitative estimate of drug-likeness (QED) is 0.477. The molecule has 0 unspecified atom stereocenters. The van der Waals surface area contributed by atoms with Gasteiger partial charge in [-0.3, -0.25) is 4.79 Å². The summed E-state index contributed by atoms with van der Waals surface area (Å²) in [5.41, 5.74) is 1.80. The molecule has 0 saturated heterocycles. The summed E-state index contributed by atoms with van der Waals surface area (Å²) in [5.74, 6) is 0.0140. The van der Waals surface area contributed by atoms with Gasteiger partial charge >= 0.3 is 5.97 Å². The van der Waals surface area contributed by atoms with Crippen LogP contribution in [0, 0.1) is 0 Å². The molecule has 2 rings (SSSR count). The molecule has 0 aromatic heterocycles. The fraction of sp³-hybridized carbons (Fsp3) is 0.0526. The highest BCUT2D eigenvalue weighted by Gasteiger charge is 2.00. The van der Waals surface area contributed by atoms with Crippen molar-refractivity contribution in [3.8, 4) is 5.75 Å². The molecule has 0 saturated carbocycles. The topological polar surface area (TPSA) is 43.4 Å². The maximum absolute atomic E-state index is 11.7. The zero-order valence-corrected chi connectivity index (χ0v) is 12.2. The van der Waals surface area contributed by atoms with Crippen LogP contribution in [0.25, 0.3) is 12.2 Å². The first kappa shape index (κ1) is 15.4. The lowest BCUT2D eigenvalue weighted by Gasteiger charge is -2.01. The highest BCUT2D eigenvalue weighted by atomic mass is 16.5. The predicted molar refractivity (Wildman–Crippen MR) is 87.3 cm³/mol. The van der Waals surface area contributed by atoms with Crippen LogP contribution in [0.4, 0.5) is 0 Å². The summed E-state index contributed by atoms with van der Waals surface area (Å²) in [7, 11) is 0. The van der Waals surface area contributed by atoms with Crippen molar-refractivity contribution in [2.75, 3.05) is 0 Å². The van der Waals surface area contributed by atoms with E-state index in [1.807, 2.05) is 30.3 Å². The number of carbonyl (C=O) groups is 2. The van der Waals surface area contributed by atoms with E-state index in [1.165, 1.54) is 19.1 Å². The number of benzene rings is 2. The van der Waals surface area contributed by atoms with Gasteiger partial charge in [0.25, 0.3) is 0 Å². The molecule has 0 aliphatic heterocycles. The second-order valence-electron chi connectivity index (χ2n) is 4.68. The summed E-state index contributed by atoms with van der Waals surface area (Å²) in [4.78, 5) is 22.6. The van der Waals surface area contributed by atoms with Gasteiger partial charge in [0.2, 0.25) is 0 Å². The second kappa shape index (κ2) is 7.74. The molecule has 22 heavy (non-hydrogen) atoms. The van der Waals surface area contributed by atoms with E-state index in [-0.39, 0.29) is 5.78 Å². The number of allylic oxidation sites excluding steroid dienone is 1. The van der Waals surface area contributed by atoms with E-state index < -0.39 is 5.97 Å². The van der Waals surface area contributed by atoms with Crippen LogP contribution >= 0.6 is 0 Å². The second-order valence-corrected chi connectivity index (χ2v) is 4.68. The van der Waals surface area contributed by atoms with E-state index in [9.17, 15) is 9.59 Å². The van der Waals surface area contributed by atoms with E-state index in [0.29, 0.717) is 5.75 Å². The average molecular weight is 292 g/mol. The standard InChI is InChI=1S/C19H16O3/c1-15(20)7-8-17-9-12-18(13-10-17)22-19(21)14-11-16-5-3-2-4-6-16/h2-14H,1H3/b8-7-,14-11+. The molecule has 110 valence electrons. The van der Waals surface area contributed by atoms with E-state index >= 15 is 0 Å². The smallest absolute Gasteiger partial charge is 0.336 e. The monoisotopic (exact) mass is 292 g/mol. The number of hydrogen-bond donors (Lipinski definition) is 0. The first-order valence-electron chi connectivity index (χ1n) is 6.87. The molecular weight excluding hydrogens is 276 g/mol. The number of hydrogen-bond acceptors (Lipinski definition) is 3. The molecule has 0 N–H and O–H groups in total. The Morgan fingerprint density at radius 2 is 1.41 bits per heavy atom. The molecule has 0 heterocycles. The van der Waals surface area contributed by atoms with Gasteiger partial charge in [-0.25, -0.2) is 4.79 Å². The van der Waals surface area contributed by atoms with Crippen molar-refractivity contribution in [2.45, 2.75) is 6.92 Å². The van der Waals surface area contributed by atoms with Crippen molar-refractivity contribution in [1.82, 2.24) is 0 Å². The van der Waals surface area contributed by atoms with Crippen molar-refractivity contribution < 1.29 is 14.3 Å². The summed E-state index contributed by atoms with van der Waals surface area (Å²) >= 11 is 0. The van der Waals surface area contributed by atoms with Crippen molar-refractivity contribution >= 4 is 23.9 Å². The van der Waals surface area contributed by atoms with Crippen LogP contribution in [0.2, 0.25) is 0 Å². The van der Waals surface area contributed by atoms with Crippen LogP contribution < -0.4 is 4.74 Å². The number of esters is 1. The molecule has 0 spiro atoms. The van der Waals surface area contributed by atoms with Gasteiger partial charge in [-0.2, -0.15) is 0 Å². The Labute approximate surface area is 129 Å². The number of carbonyl (C=O) groups excluding carboxylic acids is 2. The lowest BCUT2D eigenvalue weighted by molar-refractivity contribution is -0.128. The van der Waals surface area contributed by atoms with E-state index in [0.717, 1.165) is 11.1 Å². The Kier molecular flexibility index (Phi) is 5.44. The summed E-state index contributed by atoms with van der Waals surface area (Å²) in [6.45, 7) is 1.49. The molecule has 0 amide bonds. The zero-order chi connectivity index (χ0) is 15.8. The SMILES string of the molecule is CC(=O)/C=C\c1ccc(OC(=O)/C=C/c2ccccc2)cc1. The molecule has 2 aromatic rings. The Morgan fingerprint density at radius 1 is 0.818 bits per heavy atom. The normalized spacial score (nSPS) is 11.0. The molecule has 0 fully saturated rings. The molecule has 0 aliphatic carbocycles. The average Bonchev–Trinajstić information content (AvgIpc) is 2.53. The van der Waals surface area contributed by atoms with Gasteiger partial charge in [0.15, 0.2) is 5.78 Å². The molecule has 3 nitrogen and oxygen atoms in total.